The first-order valence-corrected chi connectivity index (χ1v) is 23.4. The van der Waals surface area contributed by atoms with Crippen molar-refractivity contribution in [2.45, 2.75) is 74.7 Å². The Morgan fingerprint density at radius 2 is 0.708 bits per heavy atom. The Bertz CT molecular complexity index is 2850. The zero-order valence-electron chi connectivity index (χ0n) is 39.9. The Morgan fingerprint density at radius 3 is 1.12 bits per heavy atom. The molecule has 6 aliphatic carbocycles. The van der Waals surface area contributed by atoms with Crippen molar-refractivity contribution in [3.05, 3.63) is 250 Å². The minimum Gasteiger partial charge on any atom is -0.311 e. The number of benzene rings is 4. The van der Waals surface area contributed by atoms with Crippen molar-refractivity contribution >= 4 is 11.4 Å². The monoisotopic (exact) mass is 846 g/mol. The van der Waals surface area contributed by atoms with Crippen molar-refractivity contribution in [3.8, 4) is 22.3 Å². The molecule has 0 amide bonds. The van der Waals surface area contributed by atoms with Crippen molar-refractivity contribution in [3.63, 3.8) is 0 Å². The van der Waals surface area contributed by atoms with Crippen LogP contribution in [0.4, 0.5) is 11.4 Å². The molecule has 0 atom stereocenters. The molecular formula is C63H62N2. The summed E-state index contributed by atoms with van der Waals surface area (Å²) in [5, 5.41) is 0. The Hall–Kier alpha value is -6.64. The van der Waals surface area contributed by atoms with Gasteiger partial charge in [0.15, 0.2) is 0 Å². The lowest BCUT2D eigenvalue weighted by molar-refractivity contribution is 0.621. The van der Waals surface area contributed by atoms with E-state index < -0.39 is 5.41 Å². The maximum atomic E-state index is 2.53. The quantitative estimate of drug-likeness (QED) is 0.165. The second-order valence-electron chi connectivity index (χ2n) is 21.4. The molecule has 0 fully saturated rings. The predicted molar refractivity (Wildman–Crippen MR) is 278 cm³/mol. The molecule has 10 rings (SSSR count). The lowest BCUT2D eigenvalue weighted by atomic mass is 9.70. The number of rotatable bonds is 6. The average molecular weight is 847 g/mol. The van der Waals surface area contributed by atoms with Gasteiger partial charge >= 0.3 is 0 Å². The summed E-state index contributed by atoms with van der Waals surface area (Å²) >= 11 is 0. The highest BCUT2D eigenvalue weighted by atomic mass is 15.2. The molecule has 1 spiro atoms. The first kappa shape index (κ1) is 42.3. The standard InChI is InChI=1S/C63H62N2/c1-43-21-25-51-52-26-22-44(2)38-56(52)63(55(51)37-43)57-39-47(64(45-19-15-33-59(3,4)35-29-45)49-17-11-13-31-61(7,8)41-49)23-27-53(57)54-28-24-48(40-58(54)63)65(46-20-16-34-60(5,6)36-30-46)50-18-12-14-32-62(9,10)42-50/h11-42H,1-10H3. The minimum absolute atomic E-state index is 0.0649. The molecule has 4 aromatic rings. The van der Waals surface area contributed by atoms with E-state index in [1.54, 1.807) is 0 Å². The molecule has 0 bridgehead atoms. The third kappa shape index (κ3) is 7.47. The SMILES string of the molecule is Cc1ccc2c(c1)C1(c3cc(C)ccc3-2)c2cc(N(C3=CC=CC(C)(C)C=C3)C3=CC(C)(C)C=CC=C3)ccc2-c2ccc(N(C3=CC=CC(C)(C)C=C3)C3=CC(C)(C)C=CC=C3)cc21. The molecule has 0 saturated heterocycles. The molecule has 0 aromatic heterocycles. The van der Waals surface area contributed by atoms with Gasteiger partial charge in [0.2, 0.25) is 0 Å². The predicted octanol–water partition coefficient (Wildman–Crippen LogP) is 16.4. The van der Waals surface area contributed by atoms with Gasteiger partial charge in [0.25, 0.3) is 0 Å². The highest BCUT2D eigenvalue weighted by molar-refractivity contribution is 5.97. The number of hydrogen-bond acceptors (Lipinski definition) is 2. The van der Waals surface area contributed by atoms with Crippen LogP contribution < -0.4 is 9.80 Å². The van der Waals surface area contributed by atoms with Gasteiger partial charge in [0.05, 0.1) is 5.41 Å². The van der Waals surface area contributed by atoms with Crippen LogP contribution in [0.2, 0.25) is 0 Å². The van der Waals surface area contributed by atoms with Crippen LogP contribution in [0.5, 0.6) is 0 Å². The Kier molecular flexibility index (Phi) is 9.92. The highest BCUT2D eigenvalue weighted by Gasteiger charge is 2.52. The summed E-state index contributed by atoms with van der Waals surface area (Å²) in [5.74, 6) is 0. The van der Waals surface area contributed by atoms with E-state index in [0.29, 0.717) is 0 Å². The summed E-state index contributed by atoms with van der Waals surface area (Å²) in [6.07, 6.45) is 45.6. The normalized spacial score (nSPS) is 20.3. The molecule has 0 N–H and O–H groups in total. The van der Waals surface area contributed by atoms with Gasteiger partial charge in [-0.2, -0.15) is 0 Å². The van der Waals surface area contributed by atoms with Gasteiger partial charge in [0, 0.05) is 55.8 Å². The van der Waals surface area contributed by atoms with Crippen LogP contribution in [0, 0.1) is 35.5 Å². The number of allylic oxidation sites excluding steroid dienone is 20. The van der Waals surface area contributed by atoms with Gasteiger partial charge in [-0.25, -0.2) is 0 Å². The third-order valence-electron chi connectivity index (χ3n) is 13.9. The van der Waals surface area contributed by atoms with Crippen LogP contribution in [0.25, 0.3) is 22.3 Å². The molecule has 6 aliphatic rings. The fraction of sp³-hybridized carbons (Fsp3) is 0.238. The number of nitrogens with zero attached hydrogens (tertiary/aromatic N) is 2. The lowest BCUT2D eigenvalue weighted by Crippen LogP contribution is -2.28. The largest absolute Gasteiger partial charge is 0.311 e. The molecule has 2 heteroatoms. The molecule has 0 unspecified atom stereocenters. The van der Waals surface area contributed by atoms with Crippen LogP contribution >= 0.6 is 0 Å². The Labute approximate surface area is 388 Å². The molecule has 324 valence electrons. The number of aryl methyl sites for hydroxylation is 2. The van der Waals surface area contributed by atoms with Gasteiger partial charge in [-0.1, -0.05) is 200 Å². The molecule has 0 heterocycles. The smallest absolute Gasteiger partial charge is 0.0727 e. The Balaban J connectivity index is 1.26. The van der Waals surface area contributed by atoms with Gasteiger partial charge in [-0.15, -0.1) is 0 Å². The molecule has 4 aromatic carbocycles. The van der Waals surface area contributed by atoms with Crippen molar-refractivity contribution in [2.24, 2.45) is 21.7 Å². The maximum Gasteiger partial charge on any atom is 0.0727 e. The zero-order chi connectivity index (χ0) is 45.5. The highest BCUT2D eigenvalue weighted by Crippen LogP contribution is 2.64. The summed E-state index contributed by atoms with van der Waals surface area (Å²) in [4.78, 5) is 4.95. The van der Waals surface area contributed by atoms with E-state index in [1.807, 2.05) is 0 Å². The van der Waals surface area contributed by atoms with E-state index in [1.165, 1.54) is 55.6 Å². The molecule has 0 radical (unpaired) electrons. The second-order valence-corrected chi connectivity index (χ2v) is 21.4. The number of fused-ring (bicyclic) bond motifs is 10. The summed E-state index contributed by atoms with van der Waals surface area (Å²) in [7, 11) is 0. The number of anilines is 2. The maximum absolute atomic E-state index is 2.53. The molecule has 0 saturated carbocycles. The van der Waals surface area contributed by atoms with Crippen LogP contribution in [0.3, 0.4) is 0 Å². The van der Waals surface area contributed by atoms with Gasteiger partial charge in [-0.05, 0) is 119 Å². The van der Waals surface area contributed by atoms with Crippen molar-refractivity contribution in [1.82, 2.24) is 0 Å². The van der Waals surface area contributed by atoms with Crippen LogP contribution in [0.15, 0.2) is 217 Å². The van der Waals surface area contributed by atoms with Crippen LogP contribution in [0.1, 0.15) is 88.8 Å². The fourth-order valence-electron chi connectivity index (χ4n) is 10.7. The van der Waals surface area contributed by atoms with E-state index in [0.717, 1.165) is 34.2 Å². The number of hydrogen-bond donors (Lipinski definition) is 0. The third-order valence-corrected chi connectivity index (χ3v) is 13.9. The summed E-state index contributed by atoms with van der Waals surface area (Å²) in [5.41, 5.74) is 18.9. The molecule has 0 aliphatic heterocycles. The van der Waals surface area contributed by atoms with Crippen molar-refractivity contribution in [2.75, 3.05) is 9.80 Å². The van der Waals surface area contributed by atoms with E-state index in [9.17, 15) is 0 Å². The van der Waals surface area contributed by atoms with Crippen molar-refractivity contribution < 1.29 is 0 Å². The van der Waals surface area contributed by atoms with Gasteiger partial charge in [0.1, 0.15) is 0 Å². The first-order valence-electron chi connectivity index (χ1n) is 23.4. The van der Waals surface area contributed by atoms with Gasteiger partial charge < -0.3 is 9.80 Å². The molecular weight excluding hydrogens is 785 g/mol. The molecule has 2 nitrogen and oxygen atoms in total. The molecule has 65 heavy (non-hydrogen) atoms. The fourth-order valence-corrected chi connectivity index (χ4v) is 10.7. The van der Waals surface area contributed by atoms with E-state index in [2.05, 4.69) is 273 Å². The topological polar surface area (TPSA) is 6.48 Å². The van der Waals surface area contributed by atoms with Crippen molar-refractivity contribution in [1.29, 1.82) is 0 Å². The second kappa shape index (κ2) is 15.2. The zero-order valence-corrected chi connectivity index (χ0v) is 39.9. The van der Waals surface area contributed by atoms with E-state index in [-0.39, 0.29) is 21.7 Å². The van der Waals surface area contributed by atoms with Crippen LogP contribution in [-0.2, 0) is 5.41 Å². The van der Waals surface area contributed by atoms with E-state index >= 15 is 0 Å². The van der Waals surface area contributed by atoms with E-state index in [4.69, 9.17) is 0 Å². The first-order chi connectivity index (χ1) is 30.9. The van der Waals surface area contributed by atoms with Crippen LogP contribution in [-0.4, -0.2) is 0 Å². The minimum atomic E-state index is -0.579. The lowest BCUT2D eigenvalue weighted by Gasteiger charge is -2.34. The summed E-state index contributed by atoms with van der Waals surface area (Å²) in [6, 6.07) is 28.8. The summed E-state index contributed by atoms with van der Waals surface area (Å²) < 4.78 is 0. The Morgan fingerprint density at radius 1 is 0.338 bits per heavy atom. The summed E-state index contributed by atoms with van der Waals surface area (Å²) in [6.45, 7) is 22.7. The van der Waals surface area contributed by atoms with Gasteiger partial charge in [-0.3, -0.25) is 0 Å². The average Bonchev–Trinajstić information content (AvgIpc) is 3.38.